The molecule has 0 spiro atoms. The van der Waals surface area contributed by atoms with E-state index in [0.717, 1.165) is 37.9 Å². The van der Waals surface area contributed by atoms with Gasteiger partial charge in [-0.05, 0) is 50.3 Å². The molecule has 0 radical (unpaired) electrons. The number of aliphatic hydroxyl groups excluding tert-OH is 1. The number of pyridine rings is 2. The molecule has 2 aromatic rings. The van der Waals surface area contributed by atoms with Crippen LogP contribution >= 0.6 is 0 Å². The van der Waals surface area contributed by atoms with Gasteiger partial charge in [0.2, 0.25) is 5.91 Å². The summed E-state index contributed by atoms with van der Waals surface area (Å²) < 4.78 is 44.1. The van der Waals surface area contributed by atoms with Crippen LogP contribution in [-0.4, -0.2) is 44.6 Å². The van der Waals surface area contributed by atoms with E-state index in [1.807, 2.05) is 0 Å². The Bertz CT molecular complexity index is 916. The van der Waals surface area contributed by atoms with Gasteiger partial charge < -0.3 is 14.7 Å². The van der Waals surface area contributed by atoms with Gasteiger partial charge in [-0.15, -0.1) is 0 Å². The summed E-state index contributed by atoms with van der Waals surface area (Å²) in [5.41, 5.74) is -0.0440. The highest BCUT2D eigenvalue weighted by molar-refractivity contribution is 5.79. The summed E-state index contributed by atoms with van der Waals surface area (Å²) in [6, 6.07) is 3.41. The largest absolute Gasteiger partial charge is 0.490 e. The zero-order chi connectivity index (χ0) is 22.0. The summed E-state index contributed by atoms with van der Waals surface area (Å²) in [6.45, 7) is 0.472. The molecule has 2 aromatic heterocycles. The molecular formula is C22H24F3N3O3. The number of hydrogen-bond acceptors (Lipinski definition) is 5. The topological polar surface area (TPSA) is 75.6 Å². The standard InChI is InChI=1S/C22H24F3N3O3/c23-22(24,25)14-4-5-15(27-12-14)11-20(29)28-10-2-1-3-18(28)21(30)17-13-26-9-8-19(17)31-16-6-7-16/h4-5,8-9,12-13,16,18,21,30H,1-3,6-7,10-11H2/t18-,21+/m1/s1. The van der Waals surface area contributed by atoms with E-state index >= 15 is 0 Å². The van der Waals surface area contributed by atoms with Crippen molar-refractivity contribution >= 4 is 5.91 Å². The van der Waals surface area contributed by atoms with Gasteiger partial charge in [0.25, 0.3) is 0 Å². The fraction of sp³-hybridized carbons (Fsp3) is 0.500. The second kappa shape index (κ2) is 8.82. The average Bonchev–Trinajstić information content (AvgIpc) is 3.57. The summed E-state index contributed by atoms with van der Waals surface area (Å²) in [7, 11) is 0. The van der Waals surface area contributed by atoms with Crippen LogP contribution in [0.2, 0.25) is 0 Å². The molecule has 2 fully saturated rings. The van der Waals surface area contributed by atoms with Crippen molar-refractivity contribution < 1.29 is 27.8 Å². The highest BCUT2D eigenvalue weighted by atomic mass is 19.4. The number of alkyl halides is 3. The Kier molecular flexibility index (Phi) is 6.13. The number of ether oxygens (including phenoxy) is 1. The Morgan fingerprint density at radius 3 is 2.68 bits per heavy atom. The molecule has 166 valence electrons. The average molecular weight is 435 g/mol. The first kappa shape index (κ1) is 21.5. The molecule has 4 rings (SSSR count). The third-order valence-electron chi connectivity index (χ3n) is 5.67. The fourth-order valence-electron chi connectivity index (χ4n) is 3.84. The number of rotatable bonds is 6. The van der Waals surface area contributed by atoms with Gasteiger partial charge in [0.1, 0.15) is 11.9 Å². The number of aliphatic hydroxyl groups is 1. The van der Waals surface area contributed by atoms with Crippen molar-refractivity contribution in [2.75, 3.05) is 6.54 Å². The molecule has 1 amide bonds. The van der Waals surface area contributed by atoms with E-state index in [2.05, 4.69) is 9.97 Å². The predicted molar refractivity (Wildman–Crippen MR) is 105 cm³/mol. The highest BCUT2D eigenvalue weighted by Gasteiger charge is 2.35. The lowest BCUT2D eigenvalue weighted by Crippen LogP contribution is -2.47. The first-order valence-electron chi connectivity index (χ1n) is 10.4. The zero-order valence-electron chi connectivity index (χ0n) is 16.9. The van der Waals surface area contributed by atoms with Crippen molar-refractivity contribution in [2.24, 2.45) is 0 Å². The van der Waals surface area contributed by atoms with Crippen LogP contribution in [0.4, 0.5) is 13.2 Å². The van der Waals surface area contributed by atoms with Crippen LogP contribution in [0.3, 0.4) is 0 Å². The van der Waals surface area contributed by atoms with E-state index in [-0.39, 0.29) is 24.1 Å². The Hall–Kier alpha value is -2.68. The van der Waals surface area contributed by atoms with Crippen molar-refractivity contribution in [1.82, 2.24) is 14.9 Å². The first-order valence-corrected chi connectivity index (χ1v) is 10.4. The summed E-state index contributed by atoms with van der Waals surface area (Å²) in [5.74, 6) is 0.303. The van der Waals surface area contributed by atoms with Crippen LogP contribution in [0.25, 0.3) is 0 Å². The van der Waals surface area contributed by atoms with Crippen LogP contribution < -0.4 is 4.74 Å². The van der Waals surface area contributed by atoms with E-state index in [4.69, 9.17) is 4.74 Å². The molecule has 0 unspecified atom stereocenters. The normalized spacial score (nSPS) is 20.4. The molecule has 9 heteroatoms. The lowest BCUT2D eigenvalue weighted by molar-refractivity contribution is -0.138. The Morgan fingerprint density at radius 1 is 1.19 bits per heavy atom. The summed E-state index contributed by atoms with van der Waals surface area (Å²) in [5, 5.41) is 11.1. The fourth-order valence-corrected chi connectivity index (χ4v) is 3.84. The predicted octanol–water partition coefficient (Wildman–Crippen LogP) is 3.69. The summed E-state index contributed by atoms with van der Waals surface area (Å²) in [4.78, 5) is 22.5. The number of hydrogen-bond donors (Lipinski definition) is 1. The quantitative estimate of drug-likeness (QED) is 0.749. The lowest BCUT2D eigenvalue weighted by atomic mass is 9.92. The Morgan fingerprint density at radius 2 is 2.00 bits per heavy atom. The van der Waals surface area contributed by atoms with Crippen LogP contribution in [-0.2, 0) is 17.4 Å². The molecule has 1 saturated heterocycles. The molecule has 6 nitrogen and oxygen atoms in total. The van der Waals surface area contributed by atoms with Gasteiger partial charge >= 0.3 is 6.18 Å². The third-order valence-corrected chi connectivity index (χ3v) is 5.67. The van der Waals surface area contributed by atoms with Crippen molar-refractivity contribution in [1.29, 1.82) is 0 Å². The SMILES string of the molecule is O=C(Cc1ccc(C(F)(F)F)cn1)N1CCCC[C@@H]1[C@@H](O)c1cnccc1OC1CC1. The molecule has 1 aliphatic heterocycles. The summed E-state index contributed by atoms with van der Waals surface area (Å²) >= 11 is 0. The number of amides is 1. The number of likely N-dealkylation sites (tertiary alicyclic amines) is 1. The van der Waals surface area contributed by atoms with Gasteiger partial charge in [-0.1, -0.05) is 0 Å². The molecular weight excluding hydrogens is 411 g/mol. The monoisotopic (exact) mass is 435 g/mol. The number of aromatic nitrogens is 2. The minimum absolute atomic E-state index is 0.125. The smallest absolute Gasteiger partial charge is 0.417 e. The van der Waals surface area contributed by atoms with E-state index in [1.165, 1.54) is 6.07 Å². The molecule has 1 saturated carbocycles. The maximum Gasteiger partial charge on any atom is 0.417 e. The van der Waals surface area contributed by atoms with E-state index < -0.39 is 23.9 Å². The van der Waals surface area contributed by atoms with Gasteiger partial charge in [0, 0.05) is 36.4 Å². The molecule has 1 N–H and O–H groups in total. The van der Waals surface area contributed by atoms with E-state index in [9.17, 15) is 23.1 Å². The number of halogens is 3. The minimum Gasteiger partial charge on any atom is -0.490 e. The summed E-state index contributed by atoms with van der Waals surface area (Å²) in [6.07, 6.45) is 2.74. The minimum atomic E-state index is -4.47. The van der Waals surface area contributed by atoms with Gasteiger partial charge in [0.05, 0.1) is 24.1 Å². The maximum absolute atomic E-state index is 13.0. The molecule has 1 aliphatic carbocycles. The number of carbonyl (C=O) groups excluding carboxylic acids is 1. The second-order valence-corrected chi connectivity index (χ2v) is 8.04. The Balaban J connectivity index is 1.49. The molecule has 0 bridgehead atoms. The molecule has 0 aromatic carbocycles. The van der Waals surface area contributed by atoms with E-state index in [1.54, 1.807) is 23.4 Å². The first-order chi connectivity index (χ1) is 14.8. The van der Waals surface area contributed by atoms with Crippen LogP contribution in [0, 0.1) is 0 Å². The molecule has 31 heavy (non-hydrogen) atoms. The van der Waals surface area contributed by atoms with Crippen LogP contribution in [0.1, 0.15) is 55.0 Å². The van der Waals surface area contributed by atoms with E-state index in [0.29, 0.717) is 24.3 Å². The van der Waals surface area contributed by atoms with Crippen LogP contribution in [0.5, 0.6) is 5.75 Å². The number of carbonyl (C=O) groups is 1. The van der Waals surface area contributed by atoms with Crippen molar-refractivity contribution in [3.63, 3.8) is 0 Å². The molecule has 3 heterocycles. The molecule has 2 atom stereocenters. The van der Waals surface area contributed by atoms with Crippen molar-refractivity contribution in [3.05, 3.63) is 53.6 Å². The maximum atomic E-state index is 13.0. The third kappa shape index (κ3) is 5.15. The Labute approximate surface area is 178 Å². The van der Waals surface area contributed by atoms with Crippen molar-refractivity contribution in [2.45, 2.75) is 63.0 Å². The van der Waals surface area contributed by atoms with Gasteiger partial charge in [0.15, 0.2) is 0 Å². The van der Waals surface area contributed by atoms with Gasteiger partial charge in [-0.2, -0.15) is 13.2 Å². The van der Waals surface area contributed by atoms with Crippen LogP contribution in [0.15, 0.2) is 36.8 Å². The second-order valence-electron chi connectivity index (χ2n) is 8.04. The van der Waals surface area contributed by atoms with Crippen molar-refractivity contribution in [3.8, 4) is 5.75 Å². The highest BCUT2D eigenvalue weighted by Crippen LogP contribution is 2.36. The lowest BCUT2D eigenvalue weighted by Gasteiger charge is -2.39. The number of nitrogens with zero attached hydrogens (tertiary/aromatic N) is 3. The van der Waals surface area contributed by atoms with Gasteiger partial charge in [-0.25, -0.2) is 0 Å². The molecule has 2 aliphatic rings. The number of piperidine rings is 1. The van der Waals surface area contributed by atoms with Gasteiger partial charge in [-0.3, -0.25) is 14.8 Å². The zero-order valence-corrected chi connectivity index (χ0v) is 16.9.